The Hall–Kier alpha value is -1.84. The van der Waals surface area contributed by atoms with Gasteiger partial charge in [-0.3, -0.25) is 9.59 Å². The fourth-order valence-corrected chi connectivity index (χ4v) is 1.80. The van der Waals surface area contributed by atoms with Crippen LogP contribution in [0.15, 0.2) is 30.3 Å². The van der Waals surface area contributed by atoms with Crippen LogP contribution in [0.1, 0.15) is 45.2 Å². The first kappa shape index (κ1) is 15.2. The molecule has 0 aromatic heterocycles. The van der Waals surface area contributed by atoms with E-state index in [9.17, 15) is 9.59 Å². The first-order valence-electron chi connectivity index (χ1n) is 6.64. The van der Waals surface area contributed by atoms with Crippen molar-refractivity contribution in [1.29, 1.82) is 0 Å². The summed E-state index contributed by atoms with van der Waals surface area (Å²) < 4.78 is 0. The van der Waals surface area contributed by atoms with Crippen LogP contribution >= 0.6 is 0 Å². The fraction of sp³-hybridized carbons (Fsp3) is 0.467. The lowest BCUT2D eigenvalue weighted by Crippen LogP contribution is -2.36. The van der Waals surface area contributed by atoms with Gasteiger partial charge in [-0.15, -0.1) is 0 Å². The molecule has 0 bridgehead atoms. The molecule has 0 heterocycles. The molecule has 0 aliphatic rings. The number of carbonyl (C=O) groups is 2. The zero-order chi connectivity index (χ0) is 14.3. The van der Waals surface area contributed by atoms with Crippen LogP contribution in [0, 0.1) is 0 Å². The monoisotopic (exact) mass is 262 g/mol. The van der Waals surface area contributed by atoms with Crippen molar-refractivity contribution in [2.24, 2.45) is 0 Å². The number of amides is 2. The van der Waals surface area contributed by atoms with Gasteiger partial charge in [0.15, 0.2) is 0 Å². The second kappa shape index (κ2) is 7.56. The highest BCUT2D eigenvalue weighted by Crippen LogP contribution is 2.16. The lowest BCUT2D eigenvalue weighted by atomic mass is 10.0. The highest BCUT2D eigenvalue weighted by Gasteiger charge is 2.17. The van der Waals surface area contributed by atoms with E-state index in [1.165, 1.54) is 6.92 Å². The van der Waals surface area contributed by atoms with Crippen molar-refractivity contribution < 1.29 is 9.59 Å². The molecule has 0 aliphatic heterocycles. The van der Waals surface area contributed by atoms with E-state index in [2.05, 4.69) is 10.6 Å². The van der Waals surface area contributed by atoms with Gasteiger partial charge in [-0.2, -0.15) is 0 Å². The van der Waals surface area contributed by atoms with Gasteiger partial charge in [0.1, 0.15) is 0 Å². The molecule has 1 rings (SSSR count). The van der Waals surface area contributed by atoms with Gasteiger partial charge in [0.2, 0.25) is 11.8 Å². The van der Waals surface area contributed by atoms with Crippen LogP contribution in [-0.2, 0) is 9.59 Å². The summed E-state index contributed by atoms with van der Waals surface area (Å²) in [6.45, 7) is 5.45. The third kappa shape index (κ3) is 5.55. The quantitative estimate of drug-likeness (QED) is 0.825. The Labute approximate surface area is 114 Å². The number of carbonyl (C=O) groups excluding carboxylic acids is 2. The molecule has 104 valence electrons. The lowest BCUT2D eigenvalue weighted by Gasteiger charge is -2.19. The standard InChI is InChI=1S/C15H22N2O2/c1-4-11(2)16-15(19)10-14(17-12(3)18)13-8-6-5-7-9-13/h5-9,11,14H,4,10H2,1-3H3,(H,16,19)(H,17,18)/t11-,14+/m1/s1. The number of benzene rings is 1. The van der Waals surface area contributed by atoms with Crippen molar-refractivity contribution in [3.8, 4) is 0 Å². The second-order valence-electron chi connectivity index (χ2n) is 4.74. The third-order valence-corrected chi connectivity index (χ3v) is 2.99. The Balaban J connectivity index is 2.70. The number of nitrogens with one attached hydrogen (secondary N) is 2. The molecule has 1 aromatic carbocycles. The summed E-state index contributed by atoms with van der Waals surface area (Å²) in [6.07, 6.45) is 1.15. The summed E-state index contributed by atoms with van der Waals surface area (Å²) in [7, 11) is 0. The third-order valence-electron chi connectivity index (χ3n) is 2.99. The van der Waals surface area contributed by atoms with E-state index in [1.807, 2.05) is 44.2 Å². The molecule has 2 N–H and O–H groups in total. The van der Waals surface area contributed by atoms with Gasteiger partial charge < -0.3 is 10.6 Å². The van der Waals surface area contributed by atoms with Crippen molar-refractivity contribution in [2.75, 3.05) is 0 Å². The molecule has 0 unspecified atom stereocenters. The molecule has 2 atom stereocenters. The molecule has 19 heavy (non-hydrogen) atoms. The predicted octanol–water partition coefficient (Wildman–Crippen LogP) is 2.17. The van der Waals surface area contributed by atoms with E-state index >= 15 is 0 Å². The van der Waals surface area contributed by atoms with Crippen LogP contribution in [0.5, 0.6) is 0 Å². The molecule has 0 saturated heterocycles. The zero-order valence-electron chi connectivity index (χ0n) is 11.8. The van der Waals surface area contributed by atoms with Gasteiger partial charge >= 0.3 is 0 Å². The van der Waals surface area contributed by atoms with Gasteiger partial charge in [-0.1, -0.05) is 37.3 Å². The van der Waals surface area contributed by atoms with Crippen molar-refractivity contribution in [3.63, 3.8) is 0 Å². The Morgan fingerprint density at radius 2 is 1.79 bits per heavy atom. The van der Waals surface area contributed by atoms with Crippen LogP contribution in [0.25, 0.3) is 0 Å². The van der Waals surface area contributed by atoms with Gasteiger partial charge in [0.25, 0.3) is 0 Å². The van der Waals surface area contributed by atoms with Crippen molar-refractivity contribution in [2.45, 2.75) is 45.7 Å². The topological polar surface area (TPSA) is 58.2 Å². The summed E-state index contributed by atoms with van der Waals surface area (Å²) in [4.78, 5) is 23.2. The average Bonchev–Trinajstić information content (AvgIpc) is 2.38. The molecule has 2 amide bonds. The Morgan fingerprint density at radius 3 is 2.32 bits per heavy atom. The molecule has 0 spiro atoms. The van der Waals surface area contributed by atoms with Gasteiger partial charge in [-0.05, 0) is 18.9 Å². The maximum Gasteiger partial charge on any atom is 0.222 e. The molecular weight excluding hydrogens is 240 g/mol. The molecule has 0 aliphatic carbocycles. The van der Waals surface area contributed by atoms with E-state index in [4.69, 9.17) is 0 Å². The zero-order valence-corrected chi connectivity index (χ0v) is 11.8. The minimum atomic E-state index is -0.275. The van der Waals surface area contributed by atoms with Crippen LogP contribution in [-0.4, -0.2) is 17.9 Å². The van der Waals surface area contributed by atoms with Crippen LogP contribution in [0.2, 0.25) is 0 Å². The van der Waals surface area contributed by atoms with Crippen molar-refractivity contribution in [3.05, 3.63) is 35.9 Å². The van der Waals surface area contributed by atoms with Crippen LogP contribution in [0.3, 0.4) is 0 Å². The van der Waals surface area contributed by atoms with Gasteiger partial charge in [0, 0.05) is 13.0 Å². The van der Waals surface area contributed by atoms with Crippen LogP contribution in [0.4, 0.5) is 0 Å². The average molecular weight is 262 g/mol. The number of hydrogen-bond donors (Lipinski definition) is 2. The smallest absolute Gasteiger partial charge is 0.222 e. The van der Waals surface area contributed by atoms with E-state index in [0.717, 1.165) is 12.0 Å². The number of rotatable bonds is 6. The predicted molar refractivity (Wildman–Crippen MR) is 75.5 cm³/mol. The summed E-state index contributed by atoms with van der Waals surface area (Å²) in [5.74, 6) is -0.179. The summed E-state index contributed by atoms with van der Waals surface area (Å²) in [5, 5.41) is 5.73. The number of hydrogen-bond acceptors (Lipinski definition) is 2. The summed E-state index contributed by atoms with van der Waals surface area (Å²) in [6, 6.07) is 9.42. The highest BCUT2D eigenvalue weighted by molar-refractivity contribution is 5.79. The fourth-order valence-electron chi connectivity index (χ4n) is 1.80. The Kier molecular flexibility index (Phi) is 6.06. The summed E-state index contributed by atoms with van der Waals surface area (Å²) >= 11 is 0. The van der Waals surface area contributed by atoms with E-state index in [0.29, 0.717) is 0 Å². The molecule has 4 nitrogen and oxygen atoms in total. The SMILES string of the molecule is CC[C@@H](C)NC(=O)C[C@H](NC(C)=O)c1ccccc1. The molecular formula is C15H22N2O2. The first-order valence-corrected chi connectivity index (χ1v) is 6.64. The van der Waals surface area contributed by atoms with Crippen molar-refractivity contribution >= 4 is 11.8 Å². The van der Waals surface area contributed by atoms with E-state index in [1.54, 1.807) is 0 Å². The highest BCUT2D eigenvalue weighted by atomic mass is 16.2. The minimum Gasteiger partial charge on any atom is -0.354 e. The van der Waals surface area contributed by atoms with E-state index < -0.39 is 0 Å². The lowest BCUT2D eigenvalue weighted by molar-refractivity contribution is -0.123. The summed E-state index contributed by atoms with van der Waals surface area (Å²) in [5.41, 5.74) is 0.942. The van der Waals surface area contributed by atoms with Gasteiger partial charge in [-0.25, -0.2) is 0 Å². The molecule has 0 fully saturated rings. The largest absolute Gasteiger partial charge is 0.354 e. The first-order chi connectivity index (χ1) is 9.02. The maximum atomic E-state index is 11.9. The maximum absolute atomic E-state index is 11.9. The molecule has 0 saturated carbocycles. The Bertz CT molecular complexity index is 417. The molecule has 0 radical (unpaired) electrons. The van der Waals surface area contributed by atoms with Crippen LogP contribution < -0.4 is 10.6 Å². The van der Waals surface area contributed by atoms with Gasteiger partial charge in [0.05, 0.1) is 12.5 Å². The normalized spacial score (nSPS) is 13.4. The molecule has 4 heteroatoms. The second-order valence-corrected chi connectivity index (χ2v) is 4.74. The molecule has 1 aromatic rings. The van der Waals surface area contributed by atoms with E-state index in [-0.39, 0.29) is 30.3 Å². The Morgan fingerprint density at radius 1 is 1.16 bits per heavy atom. The van der Waals surface area contributed by atoms with Crippen molar-refractivity contribution in [1.82, 2.24) is 10.6 Å². The minimum absolute atomic E-state index is 0.0445.